The molecule has 0 radical (unpaired) electrons. The second kappa shape index (κ2) is 11.1. The van der Waals surface area contributed by atoms with Crippen molar-refractivity contribution in [2.24, 2.45) is 0 Å². The number of nitriles is 1. The lowest BCUT2D eigenvalue weighted by molar-refractivity contribution is -0.138. The van der Waals surface area contributed by atoms with Crippen molar-refractivity contribution in [3.63, 3.8) is 0 Å². The van der Waals surface area contributed by atoms with Gasteiger partial charge in [0.05, 0.1) is 17.7 Å². The molecule has 3 aromatic rings. The molecule has 0 spiro atoms. The van der Waals surface area contributed by atoms with Gasteiger partial charge in [-0.2, -0.15) is 5.26 Å². The maximum Gasteiger partial charge on any atom is 0.303 e. The van der Waals surface area contributed by atoms with Gasteiger partial charge in [-0.15, -0.1) is 23.1 Å². The van der Waals surface area contributed by atoms with Gasteiger partial charge < -0.3 is 15.7 Å². The van der Waals surface area contributed by atoms with Crippen molar-refractivity contribution in [1.82, 2.24) is 0 Å². The van der Waals surface area contributed by atoms with Crippen LogP contribution in [0.2, 0.25) is 0 Å². The minimum Gasteiger partial charge on any atom is -0.481 e. The minimum absolute atomic E-state index is 0.109. The van der Waals surface area contributed by atoms with Crippen LogP contribution >= 0.6 is 23.1 Å². The first kappa shape index (κ1) is 23.1. The van der Waals surface area contributed by atoms with Gasteiger partial charge in [0, 0.05) is 27.9 Å². The van der Waals surface area contributed by atoms with Crippen LogP contribution in [0.1, 0.15) is 18.4 Å². The minimum atomic E-state index is -1.03. The highest BCUT2D eigenvalue weighted by Gasteiger charge is 2.15. The summed E-state index contributed by atoms with van der Waals surface area (Å²) in [4.78, 5) is 35.6. The second-order valence-electron chi connectivity index (χ2n) is 6.64. The molecule has 0 fully saturated rings. The summed E-state index contributed by atoms with van der Waals surface area (Å²) >= 11 is 2.60. The molecule has 0 aliphatic carbocycles. The normalized spacial score (nSPS) is 10.2. The molecule has 1 heterocycles. The fourth-order valence-corrected chi connectivity index (χ4v) is 4.50. The molecule has 3 rings (SSSR count). The quantitative estimate of drug-likeness (QED) is 0.390. The maximum atomic E-state index is 12.5. The molecule has 0 saturated carbocycles. The SMILES string of the molecule is N#Cc1c(-c2ccccc2)csc1NC(=O)CSc1cccc(NC(=O)CCC(=O)O)c1. The van der Waals surface area contributed by atoms with Crippen LogP contribution in [0.3, 0.4) is 0 Å². The Labute approximate surface area is 193 Å². The third kappa shape index (κ3) is 6.44. The summed E-state index contributed by atoms with van der Waals surface area (Å²) in [5.74, 6) is -1.54. The van der Waals surface area contributed by atoms with Crippen molar-refractivity contribution in [1.29, 1.82) is 5.26 Å². The zero-order valence-corrected chi connectivity index (χ0v) is 18.5. The largest absolute Gasteiger partial charge is 0.481 e. The van der Waals surface area contributed by atoms with E-state index in [4.69, 9.17) is 5.11 Å². The molecule has 0 bridgehead atoms. The molecule has 1 aromatic heterocycles. The Balaban J connectivity index is 1.58. The standard InChI is InChI=1S/C23H19N3O4S2/c24-12-18-19(15-5-2-1-3-6-15)13-32-23(18)26-21(28)14-31-17-8-4-7-16(11-17)25-20(27)9-10-22(29)30/h1-8,11,13H,9-10,14H2,(H,25,27)(H,26,28)(H,29,30). The number of carboxylic acids is 1. The van der Waals surface area contributed by atoms with E-state index in [1.807, 2.05) is 41.8 Å². The zero-order chi connectivity index (χ0) is 22.9. The molecule has 3 N–H and O–H groups in total. The molecule has 162 valence electrons. The number of thiophene rings is 1. The lowest BCUT2D eigenvalue weighted by Crippen LogP contribution is -2.14. The molecule has 0 unspecified atom stereocenters. The number of amides is 2. The molecule has 7 nitrogen and oxygen atoms in total. The smallest absolute Gasteiger partial charge is 0.303 e. The summed E-state index contributed by atoms with van der Waals surface area (Å²) in [6.07, 6.45) is -0.345. The van der Waals surface area contributed by atoms with Gasteiger partial charge in [0.2, 0.25) is 11.8 Å². The van der Waals surface area contributed by atoms with Crippen LogP contribution in [0, 0.1) is 11.3 Å². The number of aliphatic carboxylic acids is 1. The van der Waals surface area contributed by atoms with Gasteiger partial charge in [-0.05, 0) is 23.8 Å². The van der Waals surface area contributed by atoms with Crippen LogP contribution in [0.15, 0.2) is 64.9 Å². The monoisotopic (exact) mass is 465 g/mol. The molecule has 0 aliphatic rings. The van der Waals surface area contributed by atoms with E-state index < -0.39 is 5.97 Å². The average Bonchev–Trinajstić information content (AvgIpc) is 3.19. The number of thioether (sulfide) groups is 1. The second-order valence-corrected chi connectivity index (χ2v) is 8.57. The summed E-state index contributed by atoms with van der Waals surface area (Å²) in [5.41, 5.74) is 2.67. The highest BCUT2D eigenvalue weighted by molar-refractivity contribution is 8.00. The number of hydrogen-bond acceptors (Lipinski definition) is 6. The molecular formula is C23H19N3O4S2. The van der Waals surface area contributed by atoms with Crippen molar-refractivity contribution in [2.75, 3.05) is 16.4 Å². The molecule has 2 amide bonds. The van der Waals surface area contributed by atoms with Crippen molar-refractivity contribution in [3.8, 4) is 17.2 Å². The Morgan fingerprint density at radius 2 is 1.78 bits per heavy atom. The molecule has 0 saturated heterocycles. The fraction of sp³-hybridized carbons (Fsp3) is 0.130. The van der Waals surface area contributed by atoms with Crippen molar-refractivity contribution >= 4 is 51.6 Å². The topological polar surface area (TPSA) is 119 Å². The first-order valence-corrected chi connectivity index (χ1v) is 11.4. The number of carbonyl (C=O) groups excluding carboxylic acids is 2. The van der Waals surface area contributed by atoms with Gasteiger partial charge in [-0.3, -0.25) is 14.4 Å². The van der Waals surface area contributed by atoms with E-state index in [2.05, 4.69) is 16.7 Å². The first-order chi connectivity index (χ1) is 15.5. The maximum absolute atomic E-state index is 12.5. The highest BCUT2D eigenvalue weighted by atomic mass is 32.2. The van der Waals surface area contributed by atoms with Gasteiger partial charge in [0.1, 0.15) is 11.1 Å². The molecule has 0 atom stereocenters. The third-order valence-corrected chi connectivity index (χ3v) is 6.18. The van der Waals surface area contributed by atoms with Gasteiger partial charge in [-0.25, -0.2) is 0 Å². The van der Waals surface area contributed by atoms with Crippen molar-refractivity contribution in [2.45, 2.75) is 17.7 Å². The Bertz CT molecular complexity index is 1170. The lowest BCUT2D eigenvalue weighted by Gasteiger charge is -2.07. The highest BCUT2D eigenvalue weighted by Crippen LogP contribution is 2.35. The summed E-state index contributed by atoms with van der Waals surface area (Å²) in [7, 11) is 0. The van der Waals surface area contributed by atoms with Crippen LogP contribution in [-0.2, 0) is 14.4 Å². The summed E-state index contributed by atoms with van der Waals surface area (Å²) in [6.45, 7) is 0. The Kier molecular flexibility index (Phi) is 8.02. The van der Waals surface area contributed by atoms with Crippen LogP contribution in [0.4, 0.5) is 10.7 Å². The molecule has 32 heavy (non-hydrogen) atoms. The fourth-order valence-electron chi connectivity index (χ4n) is 2.81. The Hall–Kier alpha value is -3.61. The summed E-state index contributed by atoms with van der Waals surface area (Å²) < 4.78 is 0. The van der Waals surface area contributed by atoms with E-state index in [0.29, 0.717) is 16.3 Å². The average molecular weight is 466 g/mol. The van der Waals surface area contributed by atoms with E-state index in [-0.39, 0.29) is 30.4 Å². The predicted octanol–water partition coefficient (Wildman–Crippen LogP) is 4.82. The number of nitrogens with zero attached hydrogens (tertiary/aromatic N) is 1. The van der Waals surface area contributed by atoms with E-state index in [9.17, 15) is 19.6 Å². The van der Waals surface area contributed by atoms with E-state index in [1.54, 1.807) is 18.2 Å². The van der Waals surface area contributed by atoms with Gasteiger partial charge >= 0.3 is 5.97 Å². The van der Waals surface area contributed by atoms with Crippen molar-refractivity contribution in [3.05, 3.63) is 65.5 Å². The number of nitrogens with one attached hydrogen (secondary N) is 2. The zero-order valence-electron chi connectivity index (χ0n) is 16.8. The van der Waals surface area contributed by atoms with Gasteiger partial charge in [-0.1, -0.05) is 36.4 Å². The van der Waals surface area contributed by atoms with E-state index in [1.165, 1.54) is 23.1 Å². The van der Waals surface area contributed by atoms with Gasteiger partial charge in [0.15, 0.2) is 0 Å². The Morgan fingerprint density at radius 3 is 2.50 bits per heavy atom. The summed E-state index contributed by atoms with van der Waals surface area (Å²) in [5, 5.41) is 26.0. The number of carboxylic acid groups (broad SMARTS) is 1. The number of carbonyl (C=O) groups is 3. The Morgan fingerprint density at radius 1 is 1.00 bits per heavy atom. The van der Waals surface area contributed by atoms with Crippen LogP contribution in [-0.4, -0.2) is 28.6 Å². The molecule has 2 aromatic carbocycles. The van der Waals surface area contributed by atoms with E-state index >= 15 is 0 Å². The van der Waals surface area contributed by atoms with Gasteiger partial charge in [0.25, 0.3) is 0 Å². The lowest BCUT2D eigenvalue weighted by atomic mass is 10.1. The number of hydrogen-bond donors (Lipinski definition) is 3. The number of anilines is 2. The summed E-state index contributed by atoms with van der Waals surface area (Å²) in [6, 6.07) is 18.7. The van der Waals surface area contributed by atoms with Crippen LogP contribution in [0.5, 0.6) is 0 Å². The van der Waals surface area contributed by atoms with E-state index in [0.717, 1.165) is 16.0 Å². The number of benzene rings is 2. The van der Waals surface area contributed by atoms with Crippen molar-refractivity contribution < 1.29 is 19.5 Å². The van der Waals surface area contributed by atoms with Crippen LogP contribution in [0.25, 0.3) is 11.1 Å². The molecular weight excluding hydrogens is 446 g/mol. The predicted molar refractivity (Wildman–Crippen MR) is 126 cm³/mol. The van der Waals surface area contributed by atoms with Crippen LogP contribution < -0.4 is 10.6 Å². The molecule has 9 heteroatoms. The third-order valence-electron chi connectivity index (χ3n) is 4.29. The molecule has 0 aliphatic heterocycles. The first-order valence-electron chi connectivity index (χ1n) is 9.57. The number of rotatable bonds is 9.